The molecule has 9 heteroatoms. The van der Waals surface area contributed by atoms with Crippen molar-refractivity contribution >= 4 is 59.0 Å². The average molecular weight is 525 g/mol. The molecular formula is C22H25BrN2O4S2. The lowest BCUT2D eigenvalue weighted by Gasteiger charge is -2.23. The molecule has 0 atom stereocenters. The third-order valence-corrected chi connectivity index (χ3v) is 8.22. The number of amides is 1. The van der Waals surface area contributed by atoms with Crippen LogP contribution in [-0.4, -0.2) is 40.6 Å². The summed E-state index contributed by atoms with van der Waals surface area (Å²) >= 11 is 4.72. The first kappa shape index (κ1) is 23.7. The van der Waals surface area contributed by atoms with Crippen LogP contribution in [0.2, 0.25) is 0 Å². The first-order valence-electron chi connectivity index (χ1n) is 10.0. The number of rotatable bonds is 10. The van der Waals surface area contributed by atoms with Crippen LogP contribution in [0.15, 0.2) is 57.9 Å². The number of benzene rings is 2. The first-order valence-corrected chi connectivity index (χ1v) is 13.1. The number of anilines is 1. The van der Waals surface area contributed by atoms with Crippen LogP contribution in [0.5, 0.6) is 0 Å². The Kier molecular flexibility index (Phi) is 8.10. The van der Waals surface area contributed by atoms with Gasteiger partial charge in [0.1, 0.15) is 0 Å². The second-order valence-electron chi connectivity index (χ2n) is 6.76. The van der Waals surface area contributed by atoms with Gasteiger partial charge in [-0.15, -0.1) is 11.3 Å². The quantitative estimate of drug-likeness (QED) is 0.377. The molecule has 6 nitrogen and oxygen atoms in total. The van der Waals surface area contributed by atoms with Gasteiger partial charge in [0.15, 0.2) is 0 Å². The number of carbonyl (C=O) groups excluding carboxylic acids is 1. The van der Waals surface area contributed by atoms with Gasteiger partial charge in [-0.2, -0.15) is 0 Å². The number of nitrogens with zero attached hydrogens (tertiary/aromatic N) is 1. The topological polar surface area (TPSA) is 75.7 Å². The Labute approximate surface area is 195 Å². The Morgan fingerprint density at radius 1 is 1.13 bits per heavy atom. The van der Waals surface area contributed by atoms with Gasteiger partial charge in [-0.25, -0.2) is 8.42 Å². The Morgan fingerprint density at radius 2 is 1.87 bits per heavy atom. The van der Waals surface area contributed by atoms with Gasteiger partial charge >= 0.3 is 0 Å². The van der Waals surface area contributed by atoms with E-state index in [2.05, 4.69) is 21.2 Å². The fourth-order valence-corrected chi connectivity index (χ4v) is 5.82. The minimum absolute atomic E-state index is 0.130. The molecule has 2 aromatic carbocycles. The molecule has 0 radical (unpaired) electrons. The zero-order chi connectivity index (χ0) is 22.4. The Hall–Kier alpha value is -1.94. The van der Waals surface area contributed by atoms with Gasteiger partial charge in [0.25, 0.3) is 15.9 Å². The van der Waals surface area contributed by atoms with Crippen LogP contribution in [0.25, 0.3) is 10.1 Å². The van der Waals surface area contributed by atoms with E-state index in [1.54, 1.807) is 37.3 Å². The largest absolute Gasteiger partial charge is 0.382 e. The van der Waals surface area contributed by atoms with E-state index in [9.17, 15) is 13.2 Å². The van der Waals surface area contributed by atoms with Crippen LogP contribution < -0.4 is 9.62 Å². The molecule has 1 aromatic heterocycles. The summed E-state index contributed by atoms with van der Waals surface area (Å²) in [6.07, 6.45) is 0.758. The molecular weight excluding hydrogens is 500 g/mol. The van der Waals surface area contributed by atoms with Crippen molar-refractivity contribution in [2.75, 3.05) is 30.6 Å². The summed E-state index contributed by atoms with van der Waals surface area (Å²) in [4.78, 5) is 13.3. The summed E-state index contributed by atoms with van der Waals surface area (Å²) < 4.78 is 34.7. The molecule has 0 aliphatic carbocycles. The van der Waals surface area contributed by atoms with Crippen molar-refractivity contribution in [3.8, 4) is 0 Å². The highest BCUT2D eigenvalue weighted by molar-refractivity contribution is 9.10. The van der Waals surface area contributed by atoms with Gasteiger partial charge < -0.3 is 10.1 Å². The molecule has 0 aliphatic rings. The molecule has 1 amide bonds. The summed E-state index contributed by atoms with van der Waals surface area (Å²) in [7, 11) is -3.69. The zero-order valence-electron chi connectivity index (χ0n) is 17.4. The standard InChI is InChI=1S/C22H25BrN2O4S2/c1-3-25(31(27,28)19-9-6-17(23)7-10-19)18-8-11-20-16(14-18)15-21(30-20)22(26)24-12-5-13-29-4-2/h6-11,14-15H,3-5,12-13H2,1-2H3,(H,24,26). The predicted molar refractivity (Wildman–Crippen MR) is 130 cm³/mol. The fourth-order valence-electron chi connectivity index (χ4n) is 3.13. The van der Waals surface area contributed by atoms with Crippen molar-refractivity contribution in [3.63, 3.8) is 0 Å². The second-order valence-corrected chi connectivity index (χ2v) is 10.6. The third kappa shape index (κ3) is 5.65. The summed E-state index contributed by atoms with van der Waals surface area (Å²) in [6, 6.07) is 13.9. The number of hydrogen-bond acceptors (Lipinski definition) is 5. The smallest absolute Gasteiger partial charge is 0.264 e. The molecule has 31 heavy (non-hydrogen) atoms. The molecule has 1 heterocycles. The summed E-state index contributed by atoms with van der Waals surface area (Å²) in [5.41, 5.74) is 0.569. The van der Waals surface area contributed by atoms with Gasteiger partial charge in [0, 0.05) is 35.5 Å². The van der Waals surface area contributed by atoms with Gasteiger partial charge in [-0.05, 0) is 74.2 Å². The maximum Gasteiger partial charge on any atom is 0.264 e. The maximum absolute atomic E-state index is 13.2. The lowest BCUT2D eigenvalue weighted by Crippen LogP contribution is -2.30. The number of halogens is 1. The van der Waals surface area contributed by atoms with E-state index >= 15 is 0 Å². The number of ether oxygens (including phenoxy) is 1. The van der Waals surface area contributed by atoms with E-state index in [4.69, 9.17) is 4.74 Å². The van der Waals surface area contributed by atoms with E-state index < -0.39 is 10.0 Å². The summed E-state index contributed by atoms with van der Waals surface area (Å²) in [5.74, 6) is -0.130. The van der Waals surface area contributed by atoms with Crippen molar-refractivity contribution in [2.24, 2.45) is 0 Å². The molecule has 0 spiro atoms. The van der Waals surface area contributed by atoms with E-state index in [0.717, 1.165) is 21.0 Å². The average Bonchev–Trinajstić information content (AvgIpc) is 3.18. The van der Waals surface area contributed by atoms with E-state index in [0.29, 0.717) is 36.9 Å². The molecule has 0 aliphatic heterocycles. The van der Waals surface area contributed by atoms with Gasteiger partial charge in [-0.1, -0.05) is 15.9 Å². The highest BCUT2D eigenvalue weighted by Gasteiger charge is 2.24. The van der Waals surface area contributed by atoms with E-state index in [-0.39, 0.29) is 10.8 Å². The number of fused-ring (bicyclic) bond motifs is 1. The predicted octanol–water partition coefficient (Wildman–Crippen LogP) is 5.04. The van der Waals surface area contributed by atoms with Crippen LogP contribution in [0.4, 0.5) is 5.69 Å². The molecule has 1 N–H and O–H groups in total. The molecule has 0 unspecified atom stereocenters. The minimum Gasteiger partial charge on any atom is -0.382 e. The molecule has 0 saturated heterocycles. The van der Waals surface area contributed by atoms with E-state index in [1.165, 1.54) is 15.6 Å². The molecule has 166 valence electrons. The van der Waals surface area contributed by atoms with Crippen LogP contribution in [0.3, 0.4) is 0 Å². The molecule has 0 saturated carbocycles. The Morgan fingerprint density at radius 3 is 2.55 bits per heavy atom. The number of thiophene rings is 1. The summed E-state index contributed by atoms with van der Waals surface area (Å²) in [6.45, 7) is 5.86. The van der Waals surface area contributed by atoms with Crippen LogP contribution in [0, 0.1) is 0 Å². The van der Waals surface area contributed by atoms with Crippen molar-refractivity contribution in [2.45, 2.75) is 25.2 Å². The molecule has 0 bridgehead atoms. The van der Waals surface area contributed by atoms with Gasteiger partial charge in [-0.3, -0.25) is 9.10 Å². The number of hydrogen-bond donors (Lipinski definition) is 1. The number of carbonyl (C=O) groups is 1. The van der Waals surface area contributed by atoms with Crippen LogP contribution in [0.1, 0.15) is 29.9 Å². The van der Waals surface area contributed by atoms with Crippen molar-refractivity contribution in [3.05, 3.63) is 57.9 Å². The lowest BCUT2D eigenvalue weighted by molar-refractivity contribution is 0.0948. The molecule has 3 aromatic rings. The van der Waals surface area contributed by atoms with Crippen molar-refractivity contribution in [1.29, 1.82) is 0 Å². The number of nitrogens with one attached hydrogen (secondary N) is 1. The van der Waals surface area contributed by atoms with Gasteiger partial charge in [0.05, 0.1) is 15.5 Å². The Bertz CT molecular complexity index is 1140. The first-order chi connectivity index (χ1) is 14.9. The van der Waals surface area contributed by atoms with Crippen molar-refractivity contribution < 1.29 is 17.9 Å². The SMILES string of the molecule is CCOCCCNC(=O)c1cc2cc(N(CC)S(=O)(=O)c3ccc(Br)cc3)ccc2s1. The normalized spacial score (nSPS) is 11.6. The molecule has 0 fully saturated rings. The van der Waals surface area contributed by atoms with Crippen LogP contribution in [-0.2, 0) is 14.8 Å². The second kappa shape index (κ2) is 10.6. The fraction of sp³-hybridized carbons (Fsp3) is 0.318. The van der Waals surface area contributed by atoms with Crippen molar-refractivity contribution in [1.82, 2.24) is 5.32 Å². The monoisotopic (exact) mass is 524 g/mol. The molecule has 3 rings (SSSR count). The Balaban J connectivity index is 1.81. The highest BCUT2D eigenvalue weighted by Crippen LogP contribution is 2.32. The zero-order valence-corrected chi connectivity index (χ0v) is 20.6. The lowest BCUT2D eigenvalue weighted by atomic mass is 10.2. The van der Waals surface area contributed by atoms with Gasteiger partial charge in [0.2, 0.25) is 0 Å². The van der Waals surface area contributed by atoms with Crippen LogP contribution >= 0.6 is 27.3 Å². The third-order valence-electron chi connectivity index (χ3n) is 4.66. The summed E-state index contributed by atoms with van der Waals surface area (Å²) in [5, 5.41) is 3.74. The number of sulfonamides is 1. The highest BCUT2D eigenvalue weighted by atomic mass is 79.9. The maximum atomic E-state index is 13.2. The van der Waals surface area contributed by atoms with E-state index in [1.807, 2.05) is 25.1 Å². The minimum atomic E-state index is -3.69.